The minimum Gasteiger partial charge on any atom is -0.347 e. The van der Waals surface area contributed by atoms with Crippen molar-refractivity contribution in [2.45, 2.75) is 25.0 Å². The van der Waals surface area contributed by atoms with Crippen LogP contribution in [0.3, 0.4) is 0 Å². The van der Waals surface area contributed by atoms with Crippen molar-refractivity contribution in [3.63, 3.8) is 0 Å². The smallest absolute Gasteiger partial charge is 0.240 e. The quantitative estimate of drug-likeness (QED) is 0.587. The van der Waals surface area contributed by atoms with Crippen molar-refractivity contribution in [1.29, 1.82) is 0 Å². The zero-order valence-corrected chi connectivity index (χ0v) is 20.5. The van der Waals surface area contributed by atoms with Crippen LogP contribution in [0.25, 0.3) is 0 Å². The molecule has 1 heterocycles. The maximum absolute atomic E-state index is 12.9. The summed E-state index contributed by atoms with van der Waals surface area (Å²) in [5, 5.41) is 0. The number of piperazine rings is 1. The van der Waals surface area contributed by atoms with E-state index in [1.54, 1.807) is 19.0 Å². The summed E-state index contributed by atoms with van der Waals surface area (Å²) in [4.78, 5) is 19.4. The Morgan fingerprint density at radius 2 is 1.21 bits per heavy atom. The summed E-state index contributed by atoms with van der Waals surface area (Å²) in [6.07, 6.45) is 0. The van der Waals surface area contributed by atoms with Crippen molar-refractivity contribution in [3.05, 3.63) is 107 Å². The van der Waals surface area contributed by atoms with Gasteiger partial charge in [0, 0.05) is 40.3 Å². The normalized spacial score (nSPS) is 16.9. The molecule has 5 nitrogen and oxygen atoms in total. The number of amides is 1. The van der Waals surface area contributed by atoms with Gasteiger partial charge in [0.1, 0.15) is 6.04 Å². The summed E-state index contributed by atoms with van der Waals surface area (Å²) in [7, 11) is 3.55. The van der Waals surface area contributed by atoms with Gasteiger partial charge in [-0.2, -0.15) is 0 Å². The molecule has 1 saturated heterocycles. The van der Waals surface area contributed by atoms with Crippen molar-refractivity contribution in [3.8, 4) is 0 Å². The molecular formula is C29H36N4O. The summed E-state index contributed by atoms with van der Waals surface area (Å²) in [6.45, 7) is 5.58. The molecule has 0 spiro atoms. The second-order valence-electron chi connectivity index (χ2n) is 9.41. The second kappa shape index (κ2) is 11.0. The van der Waals surface area contributed by atoms with Crippen LogP contribution in [0.5, 0.6) is 0 Å². The highest BCUT2D eigenvalue weighted by atomic mass is 16.2. The van der Waals surface area contributed by atoms with Crippen LogP contribution in [-0.4, -0.2) is 66.9 Å². The summed E-state index contributed by atoms with van der Waals surface area (Å²) in [5.41, 5.74) is 11.5. The molecule has 2 atom stereocenters. The first-order valence-corrected chi connectivity index (χ1v) is 12.1. The van der Waals surface area contributed by atoms with E-state index in [0.717, 1.165) is 31.7 Å². The molecule has 34 heavy (non-hydrogen) atoms. The van der Waals surface area contributed by atoms with Crippen LogP contribution in [-0.2, 0) is 4.79 Å². The molecule has 178 valence electrons. The SMILES string of the molecule is Cc1ccc(C(C(N)C(=O)N(C)C)N2CCN(C(c3ccccc3)c3ccccc3)CC2)cc1. The fraction of sp³-hybridized carbons (Fsp3) is 0.345. The molecule has 4 rings (SSSR count). The van der Waals surface area contributed by atoms with Crippen LogP contribution in [0.2, 0.25) is 0 Å². The van der Waals surface area contributed by atoms with E-state index in [1.807, 2.05) is 0 Å². The molecule has 0 bridgehead atoms. The maximum Gasteiger partial charge on any atom is 0.240 e. The van der Waals surface area contributed by atoms with Gasteiger partial charge in [-0.3, -0.25) is 14.6 Å². The lowest BCUT2D eigenvalue weighted by atomic mass is 9.94. The minimum atomic E-state index is -0.608. The molecule has 1 aliphatic heterocycles. The molecule has 2 N–H and O–H groups in total. The number of hydrogen-bond acceptors (Lipinski definition) is 4. The van der Waals surface area contributed by atoms with Crippen molar-refractivity contribution in [1.82, 2.24) is 14.7 Å². The van der Waals surface area contributed by atoms with Gasteiger partial charge in [0.25, 0.3) is 0 Å². The van der Waals surface area contributed by atoms with Crippen LogP contribution in [0.15, 0.2) is 84.9 Å². The van der Waals surface area contributed by atoms with E-state index in [-0.39, 0.29) is 18.0 Å². The van der Waals surface area contributed by atoms with Crippen LogP contribution >= 0.6 is 0 Å². The Bertz CT molecular complexity index is 1010. The lowest BCUT2D eigenvalue weighted by molar-refractivity contribution is -0.132. The molecule has 0 aromatic heterocycles. The number of likely N-dealkylation sites (N-methyl/N-ethyl adjacent to an activating group) is 1. The van der Waals surface area contributed by atoms with Gasteiger partial charge in [0.05, 0.1) is 12.1 Å². The highest BCUT2D eigenvalue weighted by Crippen LogP contribution is 2.32. The standard InChI is InChI=1S/C29H36N4O/c1-22-14-16-25(17-15-22)28(26(30)29(34)31(2)3)33-20-18-32(19-21-33)27(23-10-6-4-7-11-23)24-12-8-5-9-13-24/h4-17,26-28H,18-21,30H2,1-3H3. The molecule has 1 amide bonds. The van der Waals surface area contributed by atoms with E-state index in [0.29, 0.717) is 0 Å². The van der Waals surface area contributed by atoms with Gasteiger partial charge in [-0.05, 0) is 23.6 Å². The Kier molecular flexibility index (Phi) is 7.78. The first-order chi connectivity index (χ1) is 16.5. The van der Waals surface area contributed by atoms with Gasteiger partial charge in [-0.15, -0.1) is 0 Å². The van der Waals surface area contributed by atoms with Gasteiger partial charge < -0.3 is 10.6 Å². The van der Waals surface area contributed by atoms with E-state index in [2.05, 4.69) is 102 Å². The van der Waals surface area contributed by atoms with Gasteiger partial charge in [0.2, 0.25) is 5.91 Å². The highest BCUT2D eigenvalue weighted by Gasteiger charge is 2.35. The average Bonchev–Trinajstić information content (AvgIpc) is 2.87. The van der Waals surface area contributed by atoms with Gasteiger partial charge in [-0.1, -0.05) is 90.5 Å². The van der Waals surface area contributed by atoms with Crippen molar-refractivity contribution in [2.75, 3.05) is 40.3 Å². The molecule has 1 fully saturated rings. The predicted molar refractivity (Wildman–Crippen MR) is 138 cm³/mol. The maximum atomic E-state index is 12.9. The van der Waals surface area contributed by atoms with Crippen LogP contribution in [0, 0.1) is 6.92 Å². The Morgan fingerprint density at radius 3 is 1.68 bits per heavy atom. The number of nitrogens with zero attached hydrogens (tertiary/aromatic N) is 3. The second-order valence-corrected chi connectivity index (χ2v) is 9.41. The fourth-order valence-electron chi connectivity index (χ4n) is 5.00. The summed E-state index contributed by atoms with van der Waals surface area (Å²) < 4.78 is 0. The number of carbonyl (C=O) groups is 1. The predicted octanol–water partition coefficient (Wildman–Crippen LogP) is 3.86. The van der Waals surface area contributed by atoms with Crippen LogP contribution < -0.4 is 5.73 Å². The third-order valence-electron chi connectivity index (χ3n) is 6.82. The van der Waals surface area contributed by atoms with Gasteiger partial charge in [0.15, 0.2) is 0 Å². The van der Waals surface area contributed by atoms with Crippen molar-refractivity contribution < 1.29 is 4.79 Å². The van der Waals surface area contributed by atoms with Crippen molar-refractivity contribution >= 4 is 5.91 Å². The minimum absolute atomic E-state index is 0.0422. The average molecular weight is 457 g/mol. The molecule has 1 aliphatic rings. The van der Waals surface area contributed by atoms with Gasteiger partial charge >= 0.3 is 0 Å². The zero-order chi connectivity index (χ0) is 24.1. The van der Waals surface area contributed by atoms with E-state index >= 15 is 0 Å². The van der Waals surface area contributed by atoms with E-state index in [9.17, 15) is 4.79 Å². The molecule has 0 saturated carbocycles. The van der Waals surface area contributed by atoms with Crippen LogP contribution in [0.1, 0.15) is 34.3 Å². The monoisotopic (exact) mass is 456 g/mol. The Hall–Kier alpha value is -2.99. The topological polar surface area (TPSA) is 52.8 Å². The number of aryl methyl sites for hydroxylation is 1. The number of benzene rings is 3. The molecule has 3 aromatic carbocycles. The highest BCUT2D eigenvalue weighted by molar-refractivity contribution is 5.82. The van der Waals surface area contributed by atoms with Gasteiger partial charge in [-0.25, -0.2) is 0 Å². The molecule has 0 aliphatic carbocycles. The Labute approximate surface area is 203 Å². The lowest BCUT2D eigenvalue weighted by Crippen LogP contribution is -2.55. The van der Waals surface area contributed by atoms with Crippen LogP contribution in [0.4, 0.5) is 0 Å². The first kappa shape index (κ1) is 24.1. The molecule has 3 aromatic rings. The first-order valence-electron chi connectivity index (χ1n) is 12.1. The fourth-order valence-corrected chi connectivity index (χ4v) is 5.00. The van der Waals surface area contributed by atoms with E-state index in [4.69, 9.17) is 5.73 Å². The summed E-state index contributed by atoms with van der Waals surface area (Å²) >= 11 is 0. The zero-order valence-electron chi connectivity index (χ0n) is 20.5. The van der Waals surface area contributed by atoms with E-state index in [1.165, 1.54) is 16.7 Å². The lowest BCUT2D eigenvalue weighted by Gasteiger charge is -2.44. The number of carbonyl (C=O) groups excluding carboxylic acids is 1. The number of hydrogen-bond donors (Lipinski definition) is 1. The van der Waals surface area contributed by atoms with E-state index < -0.39 is 6.04 Å². The number of nitrogens with two attached hydrogens (primary N) is 1. The molecule has 2 unspecified atom stereocenters. The summed E-state index contributed by atoms with van der Waals surface area (Å²) in [6, 6.07) is 29.3. The number of rotatable bonds is 7. The molecule has 0 radical (unpaired) electrons. The third-order valence-corrected chi connectivity index (χ3v) is 6.82. The largest absolute Gasteiger partial charge is 0.347 e. The molecular weight excluding hydrogens is 420 g/mol. The Morgan fingerprint density at radius 1 is 0.735 bits per heavy atom. The third kappa shape index (κ3) is 5.39. The Balaban J connectivity index is 1.58. The van der Waals surface area contributed by atoms with Crippen molar-refractivity contribution in [2.24, 2.45) is 5.73 Å². The summed E-state index contributed by atoms with van der Waals surface area (Å²) in [5.74, 6) is -0.0422. The molecule has 5 heteroatoms.